The van der Waals surface area contributed by atoms with Gasteiger partial charge in [0, 0.05) is 0 Å². The SMILES string of the molecule is CCOC(=O)C1=C(COC(=O)COc2ccc(OCC)cc2)NC(=O)N[C@@H]1C. The molecule has 1 heterocycles. The molecule has 0 aromatic heterocycles. The molecule has 2 N–H and O–H groups in total. The minimum Gasteiger partial charge on any atom is -0.494 e. The van der Waals surface area contributed by atoms with Crippen molar-refractivity contribution in [2.75, 3.05) is 26.4 Å². The molecule has 0 radical (unpaired) electrons. The summed E-state index contributed by atoms with van der Waals surface area (Å²) in [5, 5.41) is 5.04. The Morgan fingerprint density at radius 3 is 2.25 bits per heavy atom. The van der Waals surface area contributed by atoms with Gasteiger partial charge in [-0.15, -0.1) is 0 Å². The van der Waals surface area contributed by atoms with Gasteiger partial charge in [0.2, 0.25) is 0 Å². The van der Waals surface area contributed by atoms with E-state index >= 15 is 0 Å². The number of amides is 2. The summed E-state index contributed by atoms with van der Waals surface area (Å²) >= 11 is 0. The lowest BCUT2D eigenvalue weighted by Gasteiger charge is -2.26. The number of hydrogen-bond acceptors (Lipinski definition) is 7. The predicted molar refractivity (Wildman–Crippen MR) is 98.9 cm³/mol. The third kappa shape index (κ3) is 5.90. The topological polar surface area (TPSA) is 112 Å². The zero-order valence-electron chi connectivity index (χ0n) is 16.1. The van der Waals surface area contributed by atoms with Crippen LogP contribution in [0.5, 0.6) is 11.5 Å². The Morgan fingerprint density at radius 2 is 1.64 bits per heavy atom. The van der Waals surface area contributed by atoms with Gasteiger partial charge in [0.15, 0.2) is 6.61 Å². The van der Waals surface area contributed by atoms with Crippen LogP contribution in [0.4, 0.5) is 4.79 Å². The molecule has 9 heteroatoms. The van der Waals surface area contributed by atoms with Gasteiger partial charge in [-0.25, -0.2) is 14.4 Å². The van der Waals surface area contributed by atoms with E-state index in [9.17, 15) is 14.4 Å². The van der Waals surface area contributed by atoms with E-state index in [0.717, 1.165) is 0 Å². The molecule has 0 fully saturated rings. The molecule has 0 saturated heterocycles. The molecule has 28 heavy (non-hydrogen) atoms. The number of rotatable bonds is 9. The highest BCUT2D eigenvalue weighted by Crippen LogP contribution is 2.18. The van der Waals surface area contributed by atoms with Crippen LogP contribution in [0, 0.1) is 0 Å². The molecule has 0 saturated carbocycles. The lowest BCUT2D eigenvalue weighted by Crippen LogP contribution is -2.50. The summed E-state index contributed by atoms with van der Waals surface area (Å²) in [7, 11) is 0. The number of esters is 2. The number of ether oxygens (including phenoxy) is 4. The molecule has 1 aliphatic heterocycles. The van der Waals surface area contributed by atoms with E-state index in [-0.39, 0.29) is 31.1 Å². The van der Waals surface area contributed by atoms with Gasteiger partial charge >= 0.3 is 18.0 Å². The second-order valence-corrected chi connectivity index (χ2v) is 5.79. The quantitative estimate of drug-likeness (QED) is 0.613. The Balaban J connectivity index is 1.92. The van der Waals surface area contributed by atoms with Crippen molar-refractivity contribution in [2.45, 2.75) is 26.8 Å². The molecule has 0 unspecified atom stereocenters. The summed E-state index contributed by atoms with van der Waals surface area (Å²) in [5.74, 6) is -0.0496. The van der Waals surface area contributed by atoms with Gasteiger partial charge in [-0.2, -0.15) is 0 Å². The largest absolute Gasteiger partial charge is 0.494 e. The highest BCUT2D eigenvalue weighted by atomic mass is 16.6. The number of nitrogens with one attached hydrogen (secondary N) is 2. The zero-order valence-corrected chi connectivity index (χ0v) is 16.1. The Kier molecular flexibility index (Phi) is 7.67. The lowest BCUT2D eigenvalue weighted by atomic mass is 10.0. The van der Waals surface area contributed by atoms with Gasteiger partial charge in [0.05, 0.1) is 30.5 Å². The lowest BCUT2D eigenvalue weighted by molar-refractivity contribution is -0.145. The molecule has 0 bridgehead atoms. The fraction of sp³-hybridized carbons (Fsp3) is 0.421. The highest BCUT2D eigenvalue weighted by Gasteiger charge is 2.30. The molecule has 1 atom stereocenters. The van der Waals surface area contributed by atoms with Gasteiger partial charge < -0.3 is 29.6 Å². The van der Waals surface area contributed by atoms with E-state index < -0.39 is 24.0 Å². The third-order valence-corrected chi connectivity index (χ3v) is 3.73. The average molecular weight is 392 g/mol. The number of benzene rings is 1. The molecule has 1 aromatic rings. The first-order valence-corrected chi connectivity index (χ1v) is 8.93. The summed E-state index contributed by atoms with van der Waals surface area (Å²) in [5.41, 5.74) is 0.394. The Bertz CT molecular complexity index is 743. The number of carbonyl (C=O) groups excluding carboxylic acids is 3. The summed E-state index contributed by atoms with van der Waals surface area (Å²) in [6.45, 7) is 5.34. The molecule has 2 rings (SSSR count). The molecular weight excluding hydrogens is 368 g/mol. The Morgan fingerprint density at radius 1 is 1.00 bits per heavy atom. The van der Waals surface area contributed by atoms with Crippen LogP contribution >= 0.6 is 0 Å². The van der Waals surface area contributed by atoms with Crippen LogP contribution in [0.25, 0.3) is 0 Å². The first-order valence-electron chi connectivity index (χ1n) is 8.93. The van der Waals surface area contributed by atoms with Crippen LogP contribution in [-0.2, 0) is 19.1 Å². The summed E-state index contributed by atoms with van der Waals surface area (Å²) in [6.07, 6.45) is 0. The van der Waals surface area contributed by atoms with E-state index in [1.807, 2.05) is 6.92 Å². The van der Waals surface area contributed by atoms with Gasteiger partial charge in [-0.05, 0) is 45.0 Å². The molecular formula is C19H24N2O7. The monoisotopic (exact) mass is 392 g/mol. The van der Waals surface area contributed by atoms with E-state index in [1.165, 1.54) is 0 Å². The standard InChI is InChI=1S/C19H24N2O7/c1-4-25-13-6-8-14(9-7-13)27-11-16(22)28-10-15-17(18(23)26-5-2)12(3)20-19(24)21-15/h6-9,12H,4-5,10-11H2,1-3H3,(H2,20,21,24)/t12-/m1/s1. The van der Waals surface area contributed by atoms with Crippen LogP contribution in [0.2, 0.25) is 0 Å². The average Bonchev–Trinajstić information content (AvgIpc) is 2.65. The van der Waals surface area contributed by atoms with Crippen LogP contribution < -0.4 is 20.1 Å². The predicted octanol–water partition coefficient (Wildman–Crippen LogP) is 1.53. The molecule has 0 aliphatic carbocycles. The number of hydrogen-bond donors (Lipinski definition) is 2. The van der Waals surface area contributed by atoms with Crippen LogP contribution in [-0.4, -0.2) is 50.4 Å². The van der Waals surface area contributed by atoms with Gasteiger partial charge in [-0.1, -0.05) is 0 Å². The van der Waals surface area contributed by atoms with Gasteiger partial charge in [-0.3, -0.25) is 0 Å². The maximum atomic E-state index is 12.1. The van der Waals surface area contributed by atoms with E-state index in [0.29, 0.717) is 18.1 Å². The van der Waals surface area contributed by atoms with Crippen LogP contribution in [0.15, 0.2) is 35.5 Å². The van der Waals surface area contributed by atoms with Crippen molar-refractivity contribution in [3.05, 3.63) is 35.5 Å². The molecule has 0 spiro atoms. The molecule has 1 aromatic carbocycles. The van der Waals surface area contributed by atoms with Crippen LogP contribution in [0.3, 0.4) is 0 Å². The van der Waals surface area contributed by atoms with Crippen molar-refractivity contribution in [1.29, 1.82) is 0 Å². The molecule has 1 aliphatic rings. The fourth-order valence-corrected chi connectivity index (χ4v) is 2.53. The van der Waals surface area contributed by atoms with Crippen LogP contribution in [0.1, 0.15) is 20.8 Å². The van der Waals surface area contributed by atoms with Crippen molar-refractivity contribution >= 4 is 18.0 Å². The van der Waals surface area contributed by atoms with Crippen molar-refractivity contribution < 1.29 is 33.3 Å². The Hall–Kier alpha value is -3.23. The van der Waals surface area contributed by atoms with Crippen molar-refractivity contribution in [2.24, 2.45) is 0 Å². The third-order valence-electron chi connectivity index (χ3n) is 3.73. The highest BCUT2D eigenvalue weighted by molar-refractivity contribution is 5.94. The zero-order chi connectivity index (χ0) is 20.5. The summed E-state index contributed by atoms with van der Waals surface area (Å²) < 4.78 is 20.8. The normalized spacial score (nSPS) is 16.0. The first kappa shape index (κ1) is 21.1. The van der Waals surface area contributed by atoms with E-state index in [2.05, 4.69) is 10.6 Å². The number of urea groups is 1. The van der Waals surface area contributed by atoms with Crippen molar-refractivity contribution in [3.8, 4) is 11.5 Å². The van der Waals surface area contributed by atoms with E-state index in [4.69, 9.17) is 18.9 Å². The maximum absolute atomic E-state index is 12.1. The van der Waals surface area contributed by atoms with Crippen molar-refractivity contribution in [3.63, 3.8) is 0 Å². The van der Waals surface area contributed by atoms with Gasteiger partial charge in [0.1, 0.15) is 18.1 Å². The van der Waals surface area contributed by atoms with Crippen molar-refractivity contribution in [1.82, 2.24) is 10.6 Å². The first-order chi connectivity index (χ1) is 13.4. The Labute approximate surface area is 163 Å². The van der Waals surface area contributed by atoms with E-state index in [1.54, 1.807) is 38.1 Å². The minimum absolute atomic E-state index is 0.184. The summed E-state index contributed by atoms with van der Waals surface area (Å²) in [6, 6.07) is 5.75. The second-order valence-electron chi connectivity index (χ2n) is 5.79. The molecule has 2 amide bonds. The van der Waals surface area contributed by atoms with Gasteiger partial charge in [0.25, 0.3) is 0 Å². The number of carbonyl (C=O) groups is 3. The summed E-state index contributed by atoms with van der Waals surface area (Å²) in [4.78, 5) is 35.7. The fourth-order valence-electron chi connectivity index (χ4n) is 2.53. The molecule has 152 valence electrons. The second kappa shape index (κ2) is 10.2. The smallest absolute Gasteiger partial charge is 0.344 e. The maximum Gasteiger partial charge on any atom is 0.344 e. The molecule has 9 nitrogen and oxygen atoms in total. The minimum atomic E-state index is -0.648.